The Kier molecular flexibility index (Phi) is 2.42. The van der Waals surface area contributed by atoms with Crippen LogP contribution < -0.4 is 10.6 Å². The van der Waals surface area contributed by atoms with Crippen LogP contribution in [0.1, 0.15) is 29.6 Å². The largest absolute Gasteiger partial charge is 0.378 e. The van der Waals surface area contributed by atoms with Crippen LogP contribution in [0.2, 0.25) is 0 Å². The predicted molar refractivity (Wildman–Crippen MR) is 76.0 cm³/mol. The molecule has 0 saturated carbocycles. The standard InChI is InChI=1S/C15H16N2S/c1-2-4-13-11(3-1)15-12(5-7-16-15)14(17-13)10-6-8-18-9-10/h1-4,6,8-9,12,14-17H,5,7H2/t12?,14-,15-/m0/s1. The molecular weight excluding hydrogens is 240 g/mol. The Morgan fingerprint density at radius 1 is 1.11 bits per heavy atom. The number of hydrogen-bond donors (Lipinski definition) is 2. The van der Waals surface area contributed by atoms with Gasteiger partial charge < -0.3 is 10.6 Å². The van der Waals surface area contributed by atoms with E-state index in [1.54, 1.807) is 11.3 Å². The summed E-state index contributed by atoms with van der Waals surface area (Å²) in [7, 11) is 0. The minimum absolute atomic E-state index is 0.464. The summed E-state index contributed by atoms with van der Waals surface area (Å²) in [4.78, 5) is 0. The molecule has 0 amide bonds. The van der Waals surface area contributed by atoms with E-state index in [2.05, 4.69) is 51.7 Å². The normalized spacial score (nSPS) is 29.4. The number of rotatable bonds is 1. The third-order valence-electron chi connectivity index (χ3n) is 4.21. The Labute approximate surface area is 111 Å². The van der Waals surface area contributed by atoms with Gasteiger partial charge in [-0.2, -0.15) is 11.3 Å². The van der Waals surface area contributed by atoms with Gasteiger partial charge in [0.1, 0.15) is 0 Å². The maximum absolute atomic E-state index is 3.74. The molecule has 1 unspecified atom stereocenters. The third kappa shape index (κ3) is 1.51. The average molecular weight is 256 g/mol. The quantitative estimate of drug-likeness (QED) is 0.815. The summed E-state index contributed by atoms with van der Waals surface area (Å²) in [6.45, 7) is 1.13. The summed E-state index contributed by atoms with van der Waals surface area (Å²) in [6.07, 6.45) is 1.26. The van der Waals surface area contributed by atoms with Gasteiger partial charge in [0.2, 0.25) is 0 Å². The van der Waals surface area contributed by atoms with Crippen LogP contribution >= 0.6 is 11.3 Å². The van der Waals surface area contributed by atoms with E-state index >= 15 is 0 Å². The van der Waals surface area contributed by atoms with Gasteiger partial charge in [0.05, 0.1) is 6.04 Å². The van der Waals surface area contributed by atoms with Gasteiger partial charge in [0.15, 0.2) is 0 Å². The summed E-state index contributed by atoms with van der Waals surface area (Å²) in [6, 6.07) is 12.0. The van der Waals surface area contributed by atoms with Crippen molar-refractivity contribution in [2.75, 3.05) is 11.9 Å². The van der Waals surface area contributed by atoms with E-state index in [9.17, 15) is 0 Å². The average Bonchev–Trinajstić information content (AvgIpc) is 3.09. The number of nitrogens with one attached hydrogen (secondary N) is 2. The van der Waals surface area contributed by atoms with Crippen molar-refractivity contribution < 1.29 is 0 Å². The van der Waals surface area contributed by atoms with Gasteiger partial charge >= 0.3 is 0 Å². The minimum atomic E-state index is 0.464. The lowest BCUT2D eigenvalue weighted by Gasteiger charge is -2.36. The molecule has 2 aliphatic rings. The molecule has 0 aliphatic carbocycles. The molecule has 0 bridgehead atoms. The number of thiophene rings is 1. The lowest BCUT2D eigenvalue weighted by molar-refractivity contribution is 0.391. The Hall–Kier alpha value is -1.32. The molecule has 1 saturated heterocycles. The molecule has 3 heteroatoms. The maximum atomic E-state index is 3.74. The lowest BCUT2D eigenvalue weighted by Crippen LogP contribution is -2.32. The number of hydrogen-bond acceptors (Lipinski definition) is 3. The van der Waals surface area contributed by atoms with Gasteiger partial charge in [-0.1, -0.05) is 18.2 Å². The van der Waals surface area contributed by atoms with E-state index in [-0.39, 0.29) is 0 Å². The summed E-state index contributed by atoms with van der Waals surface area (Å²) < 4.78 is 0. The van der Waals surface area contributed by atoms with E-state index in [4.69, 9.17) is 0 Å². The van der Waals surface area contributed by atoms with Crippen molar-refractivity contribution in [1.29, 1.82) is 0 Å². The van der Waals surface area contributed by atoms with Gasteiger partial charge in [-0.05, 0) is 47.0 Å². The fourth-order valence-corrected chi connectivity index (χ4v) is 4.08. The molecule has 2 nitrogen and oxygen atoms in total. The van der Waals surface area contributed by atoms with Crippen LogP contribution in [0, 0.1) is 5.92 Å². The van der Waals surface area contributed by atoms with Gasteiger partial charge in [-0.25, -0.2) is 0 Å². The minimum Gasteiger partial charge on any atom is -0.378 e. The molecule has 1 aromatic carbocycles. The predicted octanol–water partition coefficient (Wildman–Crippen LogP) is 3.57. The first kappa shape index (κ1) is 10.6. The summed E-state index contributed by atoms with van der Waals surface area (Å²) >= 11 is 1.79. The highest BCUT2D eigenvalue weighted by molar-refractivity contribution is 7.08. The molecule has 18 heavy (non-hydrogen) atoms. The zero-order valence-electron chi connectivity index (χ0n) is 10.1. The molecule has 3 atom stereocenters. The molecule has 3 heterocycles. The maximum Gasteiger partial charge on any atom is 0.0568 e. The monoisotopic (exact) mass is 256 g/mol. The zero-order valence-corrected chi connectivity index (χ0v) is 10.9. The van der Waals surface area contributed by atoms with Gasteiger partial charge in [0.25, 0.3) is 0 Å². The fraction of sp³-hybridized carbons (Fsp3) is 0.333. The van der Waals surface area contributed by atoms with Gasteiger partial charge in [-0.15, -0.1) is 0 Å². The van der Waals surface area contributed by atoms with E-state index in [0.717, 1.165) is 6.54 Å². The van der Waals surface area contributed by atoms with Gasteiger partial charge in [-0.3, -0.25) is 0 Å². The molecule has 2 aromatic rings. The van der Waals surface area contributed by atoms with Crippen molar-refractivity contribution in [3.8, 4) is 0 Å². The van der Waals surface area contributed by atoms with Crippen LogP contribution in [-0.4, -0.2) is 6.54 Å². The number of para-hydroxylation sites is 1. The lowest BCUT2D eigenvalue weighted by atomic mass is 9.81. The molecule has 0 spiro atoms. The molecule has 92 valence electrons. The fourth-order valence-electron chi connectivity index (χ4n) is 3.38. The highest BCUT2D eigenvalue weighted by atomic mass is 32.1. The van der Waals surface area contributed by atoms with E-state index in [1.807, 2.05) is 0 Å². The Morgan fingerprint density at radius 3 is 2.94 bits per heavy atom. The van der Waals surface area contributed by atoms with Crippen molar-refractivity contribution in [3.63, 3.8) is 0 Å². The second-order valence-electron chi connectivity index (χ2n) is 5.15. The molecule has 2 N–H and O–H groups in total. The Bertz CT molecular complexity index is 549. The number of benzene rings is 1. The summed E-state index contributed by atoms with van der Waals surface area (Å²) in [5.74, 6) is 0.675. The zero-order chi connectivity index (χ0) is 11.9. The second kappa shape index (κ2) is 4.11. The van der Waals surface area contributed by atoms with Crippen molar-refractivity contribution in [2.24, 2.45) is 5.92 Å². The third-order valence-corrected chi connectivity index (χ3v) is 4.91. The smallest absolute Gasteiger partial charge is 0.0568 e. The van der Waals surface area contributed by atoms with Crippen molar-refractivity contribution in [3.05, 3.63) is 52.2 Å². The van der Waals surface area contributed by atoms with Crippen LogP contribution in [0.4, 0.5) is 5.69 Å². The van der Waals surface area contributed by atoms with Crippen molar-refractivity contribution in [1.82, 2.24) is 5.32 Å². The first-order valence-electron chi connectivity index (χ1n) is 6.54. The first-order chi connectivity index (χ1) is 8.93. The van der Waals surface area contributed by atoms with Crippen molar-refractivity contribution in [2.45, 2.75) is 18.5 Å². The Balaban J connectivity index is 1.80. The highest BCUT2D eigenvalue weighted by Crippen LogP contribution is 2.47. The number of fused-ring (bicyclic) bond motifs is 3. The molecule has 2 aliphatic heterocycles. The molecular formula is C15H16N2S. The highest BCUT2D eigenvalue weighted by Gasteiger charge is 2.39. The van der Waals surface area contributed by atoms with Gasteiger partial charge in [0, 0.05) is 17.6 Å². The molecule has 1 fully saturated rings. The van der Waals surface area contributed by atoms with Crippen LogP contribution in [0.25, 0.3) is 0 Å². The van der Waals surface area contributed by atoms with Crippen LogP contribution in [0.5, 0.6) is 0 Å². The van der Waals surface area contributed by atoms with E-state index < -0.39 is 0 Å². The molecule has 1 aromatic heterocycles. The van der Waals surface area contributed by atoms with Crippen LogP contribution in [0.15, 0.2) is 41.1 Å². The molecule has 4 rings (SSSR count). The van der Waals surface area contributed by atoms with Crippen molar-refractivity contribution >= 4 is 17.0 Å². The Morgan fingerprint density at radius 2 is 2.06 bits per heavy atom. The van der Waals surface area contributed by atoms with Crippen LogP contribution in [-0.2, 0) is 0 Å². The summed E-state index contributed by atoms with van der Waals surface area (Å²) in [5.41, 5.74) is 4.17. The topological polar surface area (TPSA) is 24.1 Å². The van der Waals surface area contributed by atoms with E-state index in [1.165, 1.54) is 23.2 Å². The number of anilines is 1. The first-order valence-corrected chi connectivity index (χ1v) is 7.49. The van der Waals surface area contributed by atoms with E-state index in [0.29, 0.717) is 18.0 Å². The summed E-state index contributed by atoms with van der Waals surface area (Å²) in [5, 5.41) is 11.9. The molecule has 0 radical (unpaired) electrons. The van der Waals surface area contributed by atoms with Crippen LogP contribution in [0.3, 0.4) is 0 Å². The second-order valence-corrected chi connectivity index (χ2v) is 5.93. The SMILES string of the molecule is c1ccc2c(c1)N[C@@H](c1ccsc1)C1CCN[C@@H]21.